The Hall–Kier alpha value is -3.36. The molecule has 0 aromatic heterocycles. The van der Waals surface area contributed by atoms with Crippen LogP contribution in [0.1, 0.15) is 30.0 Å². The molecule has 37 heavy (non-hydrogen) atoms. The highest BCUT2D eigenvalue weighted by molar-refractivity contribution is 7.92. The standard InChI is InChI=1S/C28H32ClN3O4S/c1-5-26(28(34)30-4)31(18-22-10-6-20(2)7-11-22)27(33)19-32(24-14-12-23(29)13-15-24)37(35,36)25-16-8-21(3)9-17-25/h6-17,26H,5,18-19H2,1-4H3,(H,30,34)/t26-/m1/s1. The van der Waals surface area contributed by atoms with Crippen molar-refractivity contribution in [2.75, 3.05) is 17.9 Å². The molecule has 1 N–H and O–H groups in total. The smallest absolute Gasteiger partial charge is 0.264 e. The number of anilines is 1. The monoisotopic (exact) mass is 541 g/mol. The van der Waals surface area contributed by atoms with E-state index < -0.39 is 28.5 Å². The SMILES string of the molecule is CC[C@H](C(=O)NC)N(Cc1ccc(C)cc1)C(=O)CN(c1ccc(Cl)cc1)S(=O)(=O)c1ccc(C)cc1. The van der Waals surface area contributed by atoms with Gasteiger partial charge in [0.1, 0.15) is 12.6 Å². The Labute approximate surface area is 224 Å². The summed E-state index contributed by atoms with van der Waals surface area (Å²) in [6.07, 6.45) is 0.364. The summed E-state index contributed by atoms with van der Waals surface area (Å²) in [5.74, 6) is -0.816. The lowest BCUT2D eigenvalue weighted by molar-refractivity contribution is -0.140. The van der Waals surface area contributed by atoms with E-state index in [0.717, 1.165) is 21.0 Å². The molecule has 3 aromatic carbocycles. The Balaban J connectivity index is 2.04. The molecular formula is C28H32ClN3O4S. The fraction of sp³-hybridized carbons (Fsp3) is 0.286. The van der Waals surface area contributed by atoms with Crippen LogP contribution in [-0.4, -0.2) is 44.8 Å². The van der Waals surface area contributed by atoms with Crippen molar-refractivity contribution in [2.45, 2.75) is 44.7 Å². The van der Waals surface area contributed by atoms with Gasteiger partial charge in [-0.1, -0.05) is 66.0 Å². The molecule has 0 heterocycles. The number of nitrogens with one attached hydrogen (secondary N) is 1. The van der Waals surface area contributed by atoms with Gasteiger partial charge in [-0.3, -0.25) is 13.9 Å². The average molecular weight is 542 g/mol. The van der Waals surface area contributed by atoms with Gasteiger partial charge in [0.05, 0.1) is 10.6 Å². The number of aryl methyl sites for hydroxylation is 2. The fourth-order valence-electron chi connectivity index (χ4n) is 3.95. The Morgan fingerprint density at radius 2 is 1.43 bits per heavy atom. The van der Waals surface area contributed by atoms with Crippen molar-refractivity contribution in [1.29, 1.82) is 0 Å². The molecule has 3 aromatic rings. The van der Waals surface area contributed by atoms with Crippen LogP contribution in [0.25, 0.3) is 0 Å². The maximum absolute atomic E-state index is 13.8. The maximum atomic E-state index is 13.8. The number of sulfonamides is 1. The number of amides is 2. The lowest BCUT2D eigenvalue weighted by atomic mass is 10.1. The summed E-state index contributed by atoms with van der Waals surface area (Å²) in [7, 11) is -2.59. The van der Waals surface area contributed by atoms with Crippen molar-refractivity contribution in [2.24, 2.45) is 0 Å². The van der Waals surface area contributed by atoms with E-state index in [-0.39, 0.29) is 17.3 Å². The lowest BCUT2D eigenvalue weighted by Gasteiger charge is -2.33. The zero-order valence-corrected chi connectivity index (χ0v) is 23.0. The van der Waals surface area contributed by atoms with Crippen molar-refractivity contribution in [3.8, 4) is 0 Å². The first-order valence-corrected chi connectivity index (χ1v) is 13.8. The molecule has 0 aliphatic rings. The number of hydrogen-bond donors (Lipinski definition) is 1. The molecule has 7 nitrogen and oxygen atoms in total. The topological polar surface area (TPSA) is 86.8 Å². The number of rotatable bonds is 10. The van der Waals surface area contributed by atoms with Gasteiger partial charge in [-0.2, -0.15) is 0 Å². The van der Waals surface area contributed by atoms with E-state index in [1.54, 1.807) is 36.4 Å². The molecule has 3 rings (SSSR count). The summed E-state index contributed by atoms with van der Waals surface area (Å²) in [5.41, 5.74) is 3.11. The second kappa shape index (κ2) is 12.3. The van der Waals surface area contributed by atoms with Crippen molar-refractivity contribution in [1.82, 2.24) is 10.2 Å². The number of hydrogen-bond acceptors (Lipinski definition) is 4. The van der Waals surface area contributed by atoms with E-state index in [0.29, 0.717) is 17.1 Å². The molecule has 2 amide bonds. The van der Waals surface area contributed by atoms with Crippen LogP contribution in [0, 0.1) is 13.8 Å². The second-order valence-corrected chi connectivity index (χ2v) is 11.1. The number of carbonyl (C=O) groups is 2. The molecular weight excluding hydrogens is 510 g/mol. The van der Waals surface area contributed by atoms with Crippen molar-refractivity contribution < 1.29 is 18.0 Å². The summed E-state index contributed by atoms with van der Waals surface area (Å²) in [5, 5.41) is 3.06. The van der Waals surface area contributed by atoms with E-state index >= 15 is 0 Å². The second-order valence-electron chi connectivity index (χ2n) is 8.85. The minimum Gasteiger partial charge on any atom is -0.357 e. The normalized spacial score (nSPS) is 12.0. The molecule has 0 fully saturated rings. The maximum Gasteiger partial charge on any atom is 0.264 e. The zero-order valence-electron chi connectivity index (χ0n) is 21.4. The van der Waals surface area contributed by atoms with Crippen LogP contribution in [0.2, 0.25) is 5.02 Å². The molecule has 9 heteroatoms. The first-order chi connectivity index (χ1) is 17.6. The summed E-state index contributed by atoms with van der Waals surface area (Å²) in [6.45, 7) is 5.31. The highest BCUT2D eigenvalue weighted by atomic mass is 35.5. The van der Waals surface area contributed by atoms with Gasteiger partial charge in [-0.15, -0.1) is 0 Å². The minimum absolute atomic E-state index is 0.0595. The van der Waals surface area contributed by atoms with Crippen LogP contribution in [0.5, 0.6) is 0 Å². The van der Waals surface area contributed by atoms with Crippen molar-refractivity contribution in [3.63, 3.8) is 0 Å². The largest absolute Gasteiger partial charge is 0.357 e. The Morgan fingerprint density at radius 1 is 0.892 bits per heavy atom. The molecule has 1 atom stereocenters. The lowest BCUT2D eigenvalue weighted by Crippen LogP contribution is -2.51. The number of benzene rings is 3. The highest BCUT2D eigenvalue weighted by Crippen LogP contribution is 2.26. The van der Waals surface area contributed by atoms with Crippen LogP contribution < -0.4 is 9.62 Å². The first-order valence-electron chi connectivity index (χ1n) is 12.0. The van der Waals surface area contributed by atoms with Crippen LogP contribution in [0.15, 0.2) is 77.7 Å². The van der Waals surface area contributed by atoms with Crippen LogP contribution in [0.4, 0.5) is 5.69 Å². The number of halogens is 1. The van der Waals surface area contributed by atoms with Gasteiger partial charge in [0.25, 0.3) is 10.0 Å². The highest BCUT2D eigenvalue weighted by Gasteiger charge is 2.33. The van der Waals surface area contributed by atoms with Crippen LogP contribution in [0.3, 0.4) is 0 Å². The van der Waals surface area contributed by atoms with Gasteiger partial charge >= 0.3 is 0 Å². The number of carbonyl (C=O) groups excluding carboxylic acids is 2. The number of likely N-dealkylation sites (N-methyl/N-ethyl adjacent to an activating group) is 1. The van der Waals surface area contributed by atoms with E-state index in [9.17, 15) is 18.0 Å². The molecule has 196 valence electrons. The predicted molar refractivity (Wildman–Crippen MR) is 147 cm³/mol. The van der Waals surface area contributed by atoms with E-state index in [4.69, 9.17) is 11.6 Å². The van der Waals surface area contributed by atoms with E-state index in [1.165, 1.54) is 24.1 Å². The Morgan fingerprint density at radius 3 is 1.95 bits per heavy atom. The summed E-state index contributed by atoms with van der Waals surface area (Å²) in [4.78, 5) is 28.1. The average Bonchev–Trinajstić information content (AvgIpc) is 2.88. The van der Waals surface area contributed by atoms with E-state index in [1.807, 2.05) is 45.0 Å². The molecule has 0 aliphatic heterocycles. The summed E-state index contributed by atoms with van der Waals surface area (Å²) >= 11 is 6.05. The first kappa shape index (κ1) is 28.2. The van der Waals surface area contributed by atoms with Gasteiger partial charge in [0, 0.05) is 18.6 Å². The molecule has 0 spiro atoms. The molecule has 0 aliphatic carbocycles. The van der Waals surface area contributed by atoms with Crippen LogP contribution in [-0.2, 0) is 26.2 Å². The zero-order chi connectivity index (χ0) is 27.2. The Kier molecular flexibility index (Phi) is 9.34. The molecule has 0 bridgehead atoms. The third kappa shape index (κ3) is 6.90. The fourth-order valence-corrected chi connectivity index (χ4v) is 5.49. The predicted octanol–water partition coefficient (Wildman–Crippen LogP) is 4.71. The summed E-state index contributed by atoms with van der Waals surface area (Å²) < 4.78 is 28.6. The number of nitrogens with zero attached hydrogens (tertiary/aromatic N) is 2. The third-order valence-electron chi connectivity index (χ3n) is 6.11. The van der Waals surface area contributed by atoms with Crippen molar-refractivity contribution >= 4 is 39.1 Å². The molecule has 0 saturated carbocycles. The molecule has 0 radical (unpaired) electrons. The van der Waals surface area contributed by atoms with Gasteiger partial charge in [0.2, 0.25) is 11.8 Å². The Bertz CT molecular complexity index is 1330. The van der Waals surface area contributed by atoms with Crippen LogP contribution >= 0.6 is 11.6 Å². The molecule has 0 unspecified atom stereocenters. The van der Waals surface area contributed by atoms with Gasteiger partial charge in [-0.25, -0.2) is 8.42 Å². The third-order valence-corrected chi connectivity index (χ3v) is 8.15. The minimum atomic E-state index is -4.11. The van der Waals surface area contributed by atoms with Crippen molar-refractivity contribution in [3.05, 3.63) is 94.5 Å². The van der Waals surface area contributed by atoms with Gasteiger partial charge < -0.3 is 10.2 Å². The molecule has 0 saturated heterocycles. The van der Waals surface area contributed by atoms with Gasteiger partial charge in [0.15, 0.2) is 0 Å². The van der Waals surface area contributed by atoms with E-state index in [2.05, 4.69) is 5.32 Å². The summed E-state index contributed by atoms with van der Waals surface area (Å²) in [6, 6.07) is 19.6. The van der Waals surface area contributed by atoms with Gasteiger partial charge in [-0.05, 0) is 62.2 Å². The quantitative estimate of drug-likeness (QED) is 0.403.